The van der Waals surface area contributed by atoms with Gasteiger partial charge < -0.3 is 0 Å². The van der Waals surface area contributed by atoms with Crippen LogP contribution < -0.4 is 10.2 Å². The molecule has 4 rings (SSSR count). The lowest BCUT2D eigenvalue weighted by Gasteiger charge is -2.30. The van der Waals surface area contributed by atoms with Gasteiger partial charge in [0.2, 0.25) is 11.8 Å². The monoisotopic (exact) mass is 337 g/mol. The van der Waals surface area contributed by atoms with E-state index in [9.17, 15) is 19.2 Å². The SMILES string of the molecule is CCC(=O)c1ccc2c3c(ccnc13)N(C1CCC(=O)NC1=O)C2=O. The number of ketones is 1. The van der Waals surface area contributed by atoms with Crippen LogP contribution in [0.15, 0.2) is 24.4 Å². The molecule has 1 atom stereocenters. The van der Waals surface area contributed by atoms with E-state index in [1.165, 1.54) is 11.1 Å². The summed E-state index contributed by atoms with van der Waals surface area (Å²) in [4.78, 5) is 54.4. The molecule has 1 fully saturated rings. The van der Waals surface area contributed by atoms with Crippen LogP contribution in [0.3, 0.4) is 0 Å². The zero-order valence-electron chi connectivity index (χ0n) is 13.5. The number of hydrogen-bond donors (Lipinski definition) is 1. The van der Waals surface area contributed by atoms with E-state index in [1.807, 2.05) is 0 Å². The zero-order valence-corrected chi connectivity index (χ0v) is 13.5. The van der Waals surface area contributed by atoms with Crippen molar-refractivity contribution in [3.8, 4) is 0 Å². The number of benzene rings is 1. The van der Waals surface area contributed by atoms with Crippen LogP contribution in [0.4, 0.5) is 5.69 Å². The second-order valence-electron chi connectivity index (χ2n) is 6.13. The Morgan fingerprint density at radius 2 is 2.08 bits per heavy atom. The van der Waals surface area contributed by atoms with E-state index in [0.29, 0.717) is 34.1 Å². The Balaban J connectivity index is 1.88. The highest BCUT2D eigenvalue weighted by Crippen LogP contribution is 2.40. The Kier molecular flexibility index (Phi) is 3.38. The number of pyridine rings is 1. The molecule has 0 saturated carbocycles. The highest BCUT2D eigenvalue weighted by Gasteiger charge is 2.41. The van der Waals surface area contributed by atoms with Gasteiger partial charge in [-0.15, -0.1) is 0 Å². The lowest BCUT2D eigenvalue weighted by molar-refractivity contribution is -0.134. The van der Waals surface area contributed by atoms with E-state index in [1.54, 1.807) is 25.1 Å². The molecular weight excluding hydrogens is 322 g/mol. The first-order valence-corrected chi connectivity index (χ1v) is 8.15. The maximum atomic E-state index is 12.9. The van der Waals surface area contributed by atoms with Crippen molar-refractivity contribution >= 4 is 40.1 Å². The molecule has 0 aliphatic carbocycles. The van der Waals surface area contributed by atoms with Gasteiger partial charge in [0.1, 0.15) is 6.04 Å². The fourth-order valence-electron chi connectivity index (χ4n) is 3.52. The summed E-state index contributed by atoms with van der Waals surface area (Å²) >= 11 is 0. The molecule has 126 valence electrons. The normalized spacial score (nSPS) is 19.5. The van der Waals surface area contributed by atoms with Crippen LogP contribution in [-0.4, -0.2) is 34.5 Å². The lowest BCUT2D eigenvalue weighted by Crippen LogP contribution is -2.53. The molecule has 2 aromatic rings. The molecule has 7 nitrogen and oxygen atoms in total. The van der Waals surface area contributed by atoms with Crippen LogP contribution >= 0.6 is 0 Å². The number of amides is 3. The van der Waals surface area contributed by atoms with Gasteiger partial charge in [-0.25, -0.2) is 0 Å². The van der Waals surface area contributed by atoms with Crippen LogP contribution in [0, 0.1) is 0 Å². The highest BCUT2D eigenvalue weighted by molar-refractivity contribution is 6.28. The number of hydrogen-bond acceptors (Lipinski definition) is 5. The molecule has 1 aromatic carbocycles. The van der Waals surface area contributed by atoms with Crippen LogP contribution in [0.25, 0.3) is 10.9 Å². The molecule has 3 heterocycles. The minimum absolute atomic E-state index is 0.0527. The van der Waals surface area contributed by atoms with Crippen LogP contribution in [-0.2, 0) is 9.59 Å². The molecule has 1 N–H and O–H groups in total. The van der Waals surface area contributed by atoms with Gasteiger partial charge in [-0.05, 0) is 24.6 Å². The number of nitrogens with one attached hydrogen (secondary N) is 1. The highest BCUT2D eigenvalue weighted by atomic mass is 16.2. The Labute approximate surface area is 143 Å². The van der Waals surface area contributed by atoms with E-state index >= 15 is 0 Å². The summed E-state index contributed by atoms with van der Waals surface area (Å²) in [6.07, 6.45) is 2.33. The number of piperidine rings is 1. The summed E-state index contributed by atoms with van der Waals surface area (Å²) in [5.74, 6) is -1.17. The molecule has 1 aromatic heterocycles. The quantitative estimate of drug-likeness (QED) is 0.678. The molecule has 1 unspecified atom stereocenters. The molecule has 0 spiro atoms. The van der Waals surface area contributed by atoms with Gasteiger partial charge in [0.25, 0.3) is 5.91 Å². The number of nitrogens with zero attached hydrogens (tertiary/aromatic N) is 2. The van der Waals surface area contributed by atoms with Gasteiger partial charge >= 0.3 is 0 Å². The van der Waals surface area contributed by atoms with Crippen LogP contribution in [0.2, 0.25) is 0 Å². The van der Waals surface area contributed by atoms with Crippen molar-refractivity contribution in [2.24, 2.45) is 0 Å². The third-order valence-electron chi connectivity index (χ3n) is 4.72. The van der Waals surface area contributed by atoms with Crippen molar-refractivity contribution in [3.05, 3.63) is 35.5 Å². The topological polar surface area (TPSA) is 96.4 Å². The molecule has 25 heavy (non-hydrogen) atoms. The fourth-order valence-corrected chi connectivity index (χ4v) is 3.52. The van der Waals surface area contributed by atoms with Gasteiger partial charge in [0.05, 0.1) is 16.8 Å². The second kappa shape index (κ2) is 5.47. The third-order valence-corrected chi connectivity index (χ3v) is 4.72. The first kappa shape index (κ1) is 15.4. The number of Topliss-reactive ketones (excluding diaryl/α,β-unsaturated/α-hetero) is 1. The maximum Gasteiger partial charge on any atom is 0.259 e. The Morgan fingerprint density at radius 1 is 1.28 bits per heavy atom. The zero-order chi connectivity index (χ0) is 17.7. The number of anilines is 1. The Morgan fingerprint density at radius 3 is 2.80 bits per heavy atom. The number of rotatable bonds is 3. The summed E-state index contributed by atoms with van der Waals surface area (Å²) in [6.45, 7) is 1.77. The van der Waals surface area contributed by atoms with Gasteiger partial charge in [-0.2, -0.15) is 0 Å². The van der Waals surface area contributed by atoms with Crippen LogP contribution in [0.1, 0.15) is 46.9 Å². The summed E-state index contributed by atoms with van der Waals surface area (Å²) in [5.41, 5.74) is 1.94. The molecule has 0 radical (unpaired) electrons. The van der Waals surface area contributed by atoms with E-state index in [2.05, 4.69) is 10.3 Å². The predicted molar refractivity (Wildman–Crippen MR) is 89.3 cm³/mol. The minimum Gasteiger partial charge on any atom is -0.295 e. The lowest BCUT2D eigenvalue weighted by atomic mass is 10.0. The van der Waals surface area contributed by atoms with Gasteiger partial charge in [0.15, 0.2) is 5.78 Å². The number of aromatic nitrogens is 1. The standard InChI is InChI=1S/C18H15N3O4/c1-2-13(22)9-3-4-10-15-11(7-8-19-16(9)15)21(18(10)25)12-5-6-14(23)20-17(12)24/h3-4,7-8,12H,2,5-6H2,1H3,(H,20,23,24). The third kappa shape index (κ3) is 2.15. The van der Waals surface area contributed by atoms with Gasteiger partial charge in [-0.1, -0.05) is 6.92 Å². The van der Waals surface area contributed by atoms with Crippen molar-refractivity contribution < 1.29 is 19.2 Å². The summed E-state index contributed by atoms with van der Waals surface area (Å²) in [6, 6.07) is 4.16. The van der Waals surface area contributed by atoms with E-state index < -0.39 is 11.9 Å². The number of imide groups is 1. The number of carbonyl (C=O) groups is 4. The molecule has 1 saturated heterocycles. The molecule has 2 aliphatic heterocycles. The second-order valence-corrected chi connectivity index (χ2v) is 6.13. The van der Waals surface area contributed by atoms with E-state index in [4.69, 9.17) is 0 Å². The average Bonchev–Trinajstić information content (AvgIpc) is 2.89. The molecule has 2 aliphatic rings. The van der Waals surface area contributed by atoms with Crippen molar-refractivity contribution in [1.29, 1.82) is 0 Å². The van der Waals surface area contributed by atoms with Gasteiger partial charge in [-0.3, -0.25) is 34.4 Å². The minimum atomic E-state index is -0.742. The van der Waals surface area contributed by atoms with Gasteiger partial charge in [0, 0.05) is 30.0 Å². The first-order valence-electron chi connectivity index (χ1n) is 8.15. The summed E-state index contributed by atoms with van der Waals surface area (Å²) in [7, 11) is 0. The number of carbonyl (C=O) groups excluding carboxylic acids is 4. The Hall–Kier alpha value is -3.09. The van der Waals surface area contributed by atoms with Crippen molar-refractivity contribution in [3.63, 3.8) is 0 Å². The van der Waals surface area contributed by atoms with Crippen LogP contribution in [0.5, 0.6) is 0 Å². The van der Waals surface area contributed by atoms with E-state index in [0.717, 1.165) is 0 Å². The predicted octanol–water partition coefficient (Wildman–Crippen LogP) is 1.59. The maximum absolute atomic E-state index is 12.9. The molecule has 7 heteroatoms. The summed E-state index contributed by atoms with van der Waals surface area (Å²) < 4.78 is 0. The average molecular weight is 337 g/mol. The van der Waals surface area contributed by atoms with E-state index in [-0.39, 0.29) is 30.4 Å². The molecule has 3 amide bonds. The summed E-state index contributed by atoms with van der Waals surface area (Å²) in [5, 5.41) is 2.88. The van der Waals surface area contributed by atoms with Crippen molar-refractivity contribution in [1.82, 2.24) is 10.3 Å². The largest absolute Gasteiger partial charge is 0.295 e. The molecule has 0 bridgehead atoms. The van der Waals surface area contributed by atoms with Crippen molar-refractivity contribution in [2.45, 2.75) is 32.2 Å². The molecular formula is C18H15N3O4. The first-order chi connectivity index (χ1) is 12.0. The fraction of sp³-hybridized carbons (Fsp3) is 0.278. The Bertz CT molecular complexity index is 966. The van der Waals surface area contributed by atoms with Crippen molar-refractivity contribution in [2.75, 3.05) is 4.90 Å². The smallest absolute Gasteiger partial charge is 0.259 e.